The molecule has 2 N–H and O–H groups in total. The lowest BCUT2D eigenvalue weighted by atomic mass is 10.0. The van der Waals surface area contributed by atoms with Crippen molar-refractivity contribution in [2.24, 2.45) is 5.73 Å². The van der Waals surface area contributed by atoms with Crippen LogP contribution in [0.1, 0.15) is 26.3 Å². The lowest BCUT2D eigenvalue weighted by Gasteiger charge is -2.36. The minimum atomic E-state index is -0.512. The lowest BCUT2D eigenvalue weighted by molar-refractivity contribution is -0.136. The Hall–Kier alpha value is -1.61. The van der Waals surface area contributed by atoms with Crippen LogP contribution in [-0.2, 0) is 11.2 Å². The molecule has 0 fully saturated rings. The van der Waals surface area contributed by atoms with E-state index in [1.807, 2.05) is 51.1 Å². The fourth-order valence-electron chi connectivity index (χ4n) is 1.98. The highest BCUT2D eigenvalue weighted by molar-refractivity contribution is 5.82. The molecule has 3 heteroatoms. The first-order chi connectivity index (χ1) is 8.86. The second-order valence-corrected chi connectivity index (χ2v) is 5.70. The van der Waals surface area contributed by atoms with Gasteiger partial charge in [-0.15, -0.1) is 6.58 Å². The van der Waals surface area contributed by atoms with E-state index < -0.39 is 6.04 Å². The van der Waals surface area contributed by atoms with E-state index in [0.717, 1.165) is 5.56 Å². The topological polar surface area (TPSA) is 46.3 Å². The van der Waals surface area contributed by atoms with E-state index in [2.05, 4.69) is 6.58 Å². The summed E-state index contributed by atoms with van der Waals surface area (Å²) in [7, 11) is 0. The molecule has 0 aliphatic carbocycles. The van der Waals surface area contributed by atoms with Crippen molar-refractivity contribution < 1.29 is 4.79 Å². The number of carbonyl (C=O) groups is 1. The second kappa shape index (κ2) is 6.53. The zero-order valence-corrected chi connectivity index (χ0v) is 12.1. The maximum absolute atomic E-state index is 12.4. The van der Waals surface area contributed by atoms with Gasteiger partial charge in [-0.1, -0.05) is 36.4 Å². The molecule has 1 unspecified atom stereocenters. The Bertz CT molecular complexity index is 420. The van der Waals surface area contributed by atoms with Crippen LogP contribution in [0.25, 0.3) is 0 Å². The summed E-state index contributed by atoms with van der Waals surface area (Å²) in [6.45, 7) is 10.2. The van der Waals surface area contributed by atoms with Crippen LogP contribution in [-0.4, -0.2) is 28.9 Å². The third-order valence-corrected chi connectivity index (χ3v) is 3.00. The Morgan fingerprint density at radius 2 is 1.95 bits per heavy atom. The van der Waals surface area contributed by atoms with Crippen molar-refractivity contribution in [2.75, 3.05) is 6.54 Å². The van der Waals surface area contributed by atoms with Crippen molar-refractivity contribution in [3.8, 4) is 0 Å². The van der Waals surface area contributed by atoms with Crippen molar-refractivity contribution in [3.63, 3.8) is 0 Å². The highest BCUT2D eigenvalue weighted by atomic mass is 16.2. The van der Waals surface area contributed by atoms with Gasteiger partial charge in [0, 0.05) is 12.1 Å². The van der Waals surface area contributed by atoms with E-state index in [9.17, 15) is 4.79 Å². The molecular weight excluding hydrogens is 236 g/mol. The normalized spacial score (nSPS) is 12.8. The molecule has 0 radical (unpaired) electrons. The Labute approximate surface area is 116 Å². The molecule has 1 amide bonds. The summed E-state index contributed by atoms with van der Waals surface area (Å²) < 4.78 is 0. The number of rotatable bonds is 5. The fraction of sp³-hybridized carbons (Fsp3) is 0.438. The van der Waals surface area contributed by atoms with E-state index in [-0.39, 0.29) is 11.4 Å². The third-order valence-electron chi connectivity index (χ3n) is 3.00. The summed E-state index contributed by atoms with van der Waals surface area (Å²) in [5.41, 5.74) is 6.88. The summed E-state index contributed by atoms with van der Waals surface area (Å²) in [5.74, 6) is -0.0312. The largest absolute Gasteiger partial charge is 0.333 e. The average molecular weight is 260 g/mol. The monoisotopic (exact) mass is 260 g/mol. The van der Waals surface area contributed by atoms with Gasteiger partial charge in [0.2, 0.25) is 5.91 Å². The van der Waals surface area contributed by atoms with Crippen LogP contribution < -0.4 is 5.73 Å². The van der Waals surface area contributed by atoms with Crippen molar-refractivity contribution >= 4 is 5.91 Å². The van der Waals surface area contributed by atoms with Gasteiger partial charge in [0.15, 0.2) is 0 Å². The van der Waals surface area contributed by atoms with E-state index in [4.69, 9.17) is 5.73 Å². The summed E-state index contributed by atoms with van der Waals surface area (Å²) in [6.07, 6.45) is 2.29. The van der Waals surface area contributed by atoms with Crippen LogP contribution in [0.3, 0.4) is 0 Å². The molecule has 0 aromatic heterocycles. The Morgan fingerprint density at radius 1 is 1.37 bits per heavy atom. The SMILES string of the molecule is C=CCN(C(=O)C(N)Cc1ccccc1)C(C)(C)C. The number of carbonyl (C=O) groups excluding carboxylic acids is 1. The summed E-state index contributed by atoms with van der Waals surface area (Å²) in [5, 5.41) is 0. The number of benzene rings is 1. The Morgan fingerprint density at radius 3 is 2.42 bits per heavy atom. The molecule has 19 heavy (non-hydrogen) atoms. The van der Waals surface area contributed by atoms with Crippen molar-refractivity contribution in [2.45, 2.75) is 38.8 Å². The number of hydrogen-bond acceptors (Lipinski definition) is 2. The van der Waals surface area contributed by atoms with Gasteiger partial charge >= 0.3 is 0 Å². The first kappa shape index (κ1) is 15.4. The van der Waals surface area contributed by atoms with Crippen LogP contribution in [0.15, 0.2) is 43.0 Å². The van der Waals surface area contributed by atoms with E-state index in [0.29, 0.717) is 13.0 Å². The predicted molar refractivity (Wildman–Crippen MR) is 79.8 cm³/mol. The molecule has 0 bridgehead atoms. The van der Waals surface area contributed by atoms with Gasteiger partial charge in [0.05, 0.1) is 6.04 Å². The minimum Gasteiger partial charge on any atom is -0.333 e. The standard InChI is InChI=1S/C16H24N2O/c1-5-11-18(16(2,3)4)15(19)14(17)12-13-9-7-6-8-10-13/h5-10,14H,1,11-12,17H2,2-4H3. The maximum atomic E-state index is 12.4. The van der Waals surface area contributed by atoms with Crippen molar-refractivity contribution in [1.82, 2.24) is 4.90 Å². The second-order valence-electron chi connectivity index (χ2n) is 5.70. The molecular formula is C16H24N2O. The van der Waals surface area contributed by atoms with Gasteiger partial charge in [-0.25, -0.2) is 0 Å². The number of amides is 1. The molecule has 0 saturated heterocycles. The molecule has 1 atom stereocenters. The molecule has 1 aromatic carbocycles. The fourth-order valence-corrected chi connectivity index (χ4v) is 1.98. The molecule has 1 rings (SSSR count). The van der Waals surface area contributed by atoms with Crippen molar-refractivity contribution in [3.05, 3.63) is 48.6 Å². The smallest absolute Gasteiger partial charge is 0.240 e. The third kappa shape index (κ3) is 4.52. The molecule has 0 aliphatic rings. The van der Waals surface area contributed by atoms with Crippen LogP contribution in [0, 0.1) is 0 Å². The molecule has 104 valence electrons. The predicted octanol–water partition coefficient (Wildman–Crippen LogP) is 2.37. The van der Waals surface area contributed by atoms with Crippen LogP contribution in [0.4, 0.5) is 0 Å². The van der Waals surface area contributed by atoms with E-state index >= 15 is 0 Å². The van der Waals surface area contributed by atoms with E-state index in [1.165, 1.54) is 0 Å². The van der Waals surface area contributed by atoms with Gasteiger partial charge in [0.1, 0.15) is 0 Å². The quantitative estimate of drug-likeness (QED) is 0.826. The number of nitrogens with zero attached hydrogens (tertiary/aromatic N) is 1. The van der Waals surface area contributed by atoms with Gasteiger partial charge < -0.3 is 10.6 Å². The maximum Gasteiger partial charge on any atom is 0.240 e. The highest BCUT2D eigenvalue weighted by Gasteiger charge is 2.29. The highest BCUT2D eigenvalue weighted by Crippen LogP contribution is 2.15. The number of hydrogen-bond donors (Lipinski definition) is 1. The minimum absolute atomic E-state index is 0.0312. The molecule has 0 aliphatic heterocycles. The van der Waals surface area contributed by atoms with Crippen LogP contribution in [0.2, 0.25) is 0 Å². The summed E-state index contributed by atoms with van der Waals surface area (Å²) in [6, 6.07) is 9.33. The number of nitrogens with two attached hydrogens (primary N) is 1. The van der Waals surface area contributed by atoms with Gasteiger partial charge in [0.25, 0.3) is 0 Å². The van der Waals surface area contributed by atoms with Crippen LogP contribution >= 0.6 is 0 Å². The van der Waals surface area contributed by atoms with Crippen LogP contribution in [0.5, 0.6) is 0 Å². The lowest BCUT2D eigenvalue weighted by Crippen LogP contribution is -2.52. The molecule has 0 heterocycles. The Balaban J connectivity index is 2.77. The van der Waals surface area contributed by atoms with Gasteiger partial charge in [-0.05, 0) is 32.8 Å². The Kier molecular flexibility index (Phi) is 5.31. The molecule has 3 nitrogen and oxygen atoms in total. The zero-order valence-electron chi connectivity index (χ0n) is 12.1. The van der Waals surface area contributed by atoms with Crippen molar-refractivity contribution in [1.29, 1.82) is 0 Å². The van der Waals surface area contributed by atoms with Gasteiger partial charge in [-0.2, -0.15) is 0 Å². The first-order valence-corrected chi connectivity index (χ1v) is 6.58. The molecule has 0 saturated carbocycles. The summed E-state index contributed by atoms with van der Waals surface area (Å²) in [4.78, 5) is 14.2. The first-order valence-electron chi connectivity index (χ1n) is 6.58. The summed E-state index contributed by atoms with van der Waals surface area (Å²) >= 11 is 0. The molecule has 1 aromatic rings. The average Bonchev–Trinajstić information content (AvgIpc) is 2.35. The van der Waals surface area contributed by atoms with E-state index in [1.54, 1.807) is 11.0 Å². The molecule has 0 spiro atoms. The zero-order chi connectivity index (χ0) is 14.5. The van der Waals surface area contributed by atoms with Gasteiger partial charge in [-0.3, -0.25) is 4.79 Å².